The molecule has 1 aromatic heterocycles. The van der Waals surface area contributed by atoms with E-state index in [1.807, 2.05) is 6.92 Å². The van der Waals surface area contributed by atoms with Crippen molar-refractivity contribution in [3.8, 4) is 11.8 Å². The van der Waals surface area contributed by atoms with Crippen molar-refractivity contribution in [1.29, 1.82) is 0 Å². The Morgan fingerprint density at radius 2 is 1.79 bits per heavy atom. The maximum absolute atomic E-state index is 5.82. The Morgan fingerprint density at radius 3 is 2.47 bits per heavy atom. The van der Waals surface area contributed by atoms with Gasteiger partial charge < -0.3 is 24.7 Å². The molecule has 108 valence electrons. The highest BCUT2D eigenvalue weighted by atomic mass is 16.5. The lowest BCUT2D eigenvalue weighted by molar-refractivity contribution is 0.0796. The van der Waals surface area contributed by atoms with Crippen LogP contribution in [0.3, 0.4) is 0 Å². The molecule has 0 spiro atoms. The largest absolute Gasteiger partial charge is 0.476 e. The van der Waals surface area contributed by atoms with Crippen molar-refractivity contribution >= 4 is 5.69 Å². The van der Waals surface area contributed by atoms with Gasteiger partial charge >= 0.3 is 0 Å². The number of nitrogens with zero attached hydrogens (tertiary/aromatic N) is 2. The zero-order valence-corrected chi connectivity index (χ0v) is 11.4. The van der Waals surface area contributed by atoms with Gasteiger partial charge in [-0.05, 0) is 13.3 Å². The maximum Gasteiger partial charge on any atom is 0.244 e. The van der Waals surface area contributed by atoms with Crippen molar-refractivity contribution in [1.82, 2.24) is 9.97 Å². The summed E-state index contributed by atoms with van der Waals surface area (Å²) in [7, 11) is 1.66. The van der Waals surface area contributed by atoms with Crippen molar-refractivity contribution in [2.45, 2.75) is 13.3 Å². The number of rotatable bonds is 10. The van der Waals surface area contributed by atoms with Gasteiger partial charge in [-0.1, -0.05) is 0 Å². The van der Waals surface area contributed by atoms with Gasteiger partial charge in [-0.3, -0.25) is 0 Å². The number of hydrogen-bond acceptors (Lipinski definition) is 7. The Labute approximate surface area is 113 Å². The summed E-state index contributed by atoms with van der Waals surface area (Å²) >= 11 is 0. The Balaban J connectivity index is 2.27. The predicted octanol–water partition coefficient (Wildman–Crippen LogP) is 0.889. The van der Waals surface area contributed by atoms with Gasteiger partial charge in [0.2, 0.25) is 11.8 Å². The average Bonchev–Trinajstić information content (AvgIpc) is 2.42. The molecule has 0 saturated heterocycles. The number of aromatic nitrogens is 2. The molecule has 0 aliphatic heterocycles. The van der Waals surface area contributed by atoms with Crippen LogP contribution in [0, 0.1) is 0 Å². The monoisotopic (exact) mass is 271 g/mol. The number of nitrogens with two attached hydrogens (primary N) is 1. The molecule has 0 amide bonds. The molecule has 0 bridgehead atoms. The van der Waals surface area contributed by atoms with Crippen LogP contribution in [0.1, 0.15) is 13.3 Å². The van der Waals surface area contributed by atoms with Gasteiger partial charge in [0.1, 0.15) is 12.9 Å². The van der Waals surface area contributed by atoms with Crippen molar-refractivity contribution in [2.24, 2.45) is 0 Å². The van der Waals surface area contributed by atoms with Crippen LogP contribution in [0.25, 0.3) is 0 Å². The molecule has 0 atom stereocenters. The normalized spacial score (nSPS) is 10.4. The smallest absolute Gasteiger partial charge is 0.244 e. The van der Waals surface area contributed by atoms with Gasteiger partial charge in [0.05, 0.1) is 13.2 Å². The lowest BCUT2D eigenvalue weighted by Crippen LogP contribution is -2.11. The highest BCUT2D eigenvalue weighted by molar-refractivity contribution is 5.55. The van der Waals surface area contributed by atoms with Crippen molar-refractivity contribution in [3.05, 3.63) is 6.33 Å². The van der Waals surface area contributed by atoms with Crippen molar-refractivity contribution in [2.75, 3.05) is 45.9 Å². The van der Waals surface area contributed by atoms with E-state index in [0.29, 0.717) is 50.5 Å². The summed E-state index contributed by atoms with van der Waals surface area (Å²) in [5.41, 5.74) is 6.13. The lowest BCUT2D eigenvalue weighted by Gasteiger charge is -2.10. The molecule has 0 saturated carbocycles. The highest BCUT2D eigenvalue weighted by Crippen LogP contribution is 2.26. The summed E-state index contributed by atoms with van der Waals surface area (Å²) in [6.45, 7) is 4.52. The minimum atomic E-state index is 0.309. The number of anilines is 1. The molecule has 0 aliphatic carbocycles. The third-order valence-corrected chi connectivity index (χ3v) is 2.20. The number of nitrogen functional groups attached to an aromatic ring is 1. The van der Waals surface area contributed by atoms with E-state index in [-0.39, 0.29) is 0 Å². The summed E-state index contributed by atoms with van der Waals surface area (Å²) in [4.78, 5) is 7.88. The molecule has 0 fully saturated rings. The van der Waals surface area contributed by atoms with Crippen LogP contribution < -0.4 is 15.2 Å². The molecular formula is C12H21N3O4. The maximum atomic E-state index is 5.82. The Bertz CT molecular complexity index is 363. The third kappa shape index (κ3) is 5.71. The Morgan fingerprint density at radius 1 is 1.05 bits per heavy atom. The summed E-state index contributed by atoms with van der Waals surface area (Å²) < 4.78 is 20.9. The quantitative estimate of drug-likeness (QED) is 0.632. The van der Waals surface area contributed by atoms with Crippen LogP contribution in [0.4, 0.5) is 5.69 Å². The lowest BCUT2D eigenvalue weighted by atomic mass is 10.5. The van der Waals surface area contributed by atoms with E-state index in [2.05, 4.69) is 9.97 Å². The summed E-state index contributed by atoms with van der Waals surface area (Å²) in [5, 5.41) is 0. The first-order valence-electron chi connectivity index (χ1n) is 6.22. The van der Waals surface area contributed by atoms with Gasteiger partial charge in [0, 0.05) is 20.3 Å². The van der Waals surface area contributed by atoms with E-state index in [1.165, 1.54) is 6.33 Å². The zero-order chi connectivity index (χ0) is 13.9. The average molecular weight is 271 g/mol. The number of methoxy groups -OCH3 is 1. The second-order valence-corrected chi connectivity index (χ2v) is 3.64. The molecule has 19 heavy (non-hydrogen) atoms. The number of ether oxygens (including phenoxy) is 4. The summed E-state index contributed by atoms with van der Waals surface area (Å²) in [5.74, 6) is 0.660. The molecule has 7 heteroatoms. The van der Waals surface area contributed by atoms with Crippen molar-refractivity contribution in [3.63, 3.8) is 0 Å². The first-order chi connectivity index (χ1) is 9.29. The van der Waals surface area contributed by atoms with E-state index >= 15 is 0 Å². The molecule has 1 aromatic rings. The van der Waals surface area contributed by atoms with Crippen LogP contribution in [0.2, 0.25) is 0 Å². The van der Waals surface area contributed by atoms with E-state index in [9.17, 15) is 0 Å². The molecule has 1 rings (SSSR count). The molecule has 0 aromatic carbocycles. The Hall–Kier alpha value is -1.60. The van der Waals surface area contributed by atoms with Crippen LogP contribution in [-0.2, 0) is 9.47 Å². The fraction of sp³-hybridized carbons (Fsp3) is 0.667. The first-order valence-corrected chi connectivity index (χ1v) is 6.22. The minimum absolute atomic E-state index is 0.309. The van der Waals surface area contributed by atoms with Crippen LogP contribution in [-0.4, -0.2) is 50.1 Å². The molecule has 0 aliphatic rings. The van der Waals surface area contributed by atoms with E-state index in [1.54, 1.807) is 7.11 Å². The van der Waals surface area contributed by atoms with Gasteiger partial charge in [-0.25, -0.2) is 0 Å². The molecular weight excluding hydrogens is 250 g/mol. The topological polar surface area (TPSA) is 88.7 Å². The fourth-order valence-corrected chi connectivity index (χ4v) is 1.34. The molecule has 7 nitrogen and oxygen atoms in total. The number of hydrogen-bond donors (Lipinski definition) is 1. The van der Waals surface area contributed by atoms with Crippen molar-refractivity contribution < 1.29 is 18.9 Å². The van der Waals surface area contributed by atoms with Gasteiger partial charge in [0.25, 0.3) is 0 Å². The second-order valence-electron chi connectivity index (χ2n) is 3.64. The standard InChI is InChI=1S/C12H21N3O4/c1-3-18-11-10(13)12(15-9-14-11)19-8-7-17-6-4-5-16-2/h9H,3-8,13H2,1-2H3. The van der Waals surface area contributed by atoms with Crippen LogP contribution >= 0.6 is 0 Å². The SMILES string of the molecule is CCOc1ncnc(OCCOCCCOC)c1N. The Kier molecular flexibility index (Phi) is 7.60. The predicted molar refractivity (Wildman–Crippen MR) is 70.4 cm³/mol. The third-order valence-electron chi connectivity index (χ3n) is 2.20. The highest BCUT2D eigenvalue weighted by Gasteiger charge is 2.09. The van der Waals surface area contributed by atoms with Crippen LogP contribution in [0.5, 0.6) is 11.8 Å². The van der Waals surface area contributed by atoms with Gasteiger partial charge in [-0.2, -0.15) is 9.97 Å². The molecule has 0 unspecified atom stereocenters. The second kappa shape index (κ2) is 9.35. The molecule has 2 N–H and O–H groups in total. The van der Waals surface area contributed by atoms with E-state index in [0.717, 1.165) is 6.42 Å². The van der Waals surface area contributed by atoms with Crippen LogP contribution in [0.15, 0.2) is 6.33 Å². The van der Waals surface area contributed by atoms with Gasteiger partial charge in [0.15, 0.2) is 5.69 Å². The van der Waals surface area contributed by atoms with Gasteiger partial charge in [-0.15, -0.1) is 0 Å². The molecule has 1 heterocycles. The fourth-order valence-electron chi connectivity index (χ4n) is 1.34. The minimum Gasteiger partial charge on any atom is -0.476 e. The zero-order valence-electron chi connectivity index (χ0n) is 11.4. The summed E-state index contributed by atoms with van der Waals surface area (Å²) in [6.07, 6.45) is 2.22. The summed E-state index contributed by atoms with van der Waals surface area (Å²) in [6, 6.07) is 0. The molecule has 0 radical (unpaired) electrons. The van der Waals surface area contributed by atoms with E-state index in [4.69, 9.17) is 24.7 Å². The van der Waals surface area contributed by atoms with E-state index < -0.39 is 0 Å². The first kappa shape index (κ1) is 15.5.